The van der Waals surface area contributed by atoms with Crippen molar-refractivity contribution in [2.24, 2.45) is 0 Å². The smallest absolute Gasteiger partial charge is 0.161 e. The Morgan fingerprint density at radius 1 is 1.00 bits per heavy atom. The van der Waals surface area contributed by atoms with E-state index in [9.17, 15) is 4.21 Å². The third-order valence-electron chi connectivity index (χ3n) is 2.82. The normalized spacial score (nSPS) is 11.9. The highest BCUT2D eigenvalue weighted by Crippen LogP contribution is 2.26. The second-order valence-corrected chi connectivity index (χ2v) is 5.92. The van der Waals surface area contributed by atoms with Crippen LogP contribution in [0, 0.1) is 0 Å². The van der Waals surface area contributed by atoms with E-state index in [1.165, 1.54) is 0 Å². The van der Waals surface area contributed by atoms with E-state index >= 15 is 0 Å². The Kier molecular flexibility index (Phi) is 5.63. The number of para-hydroxylation sites is 2. The van der Waals surface area contributed by atoms with Gasteiger partial charge in [-0.1, -0.05) is 12.1 Å². The van der Waals surface area contributed by atoms with E-state index in [1.807, 2.05) is 31.2 Å². The molecule has 1 atom stereocenters. The van der Waals surface area contributed by atoms with Crippen LogP contribution >= 0.6 is 0 Å². The van der Waals surface area contributed by atoms with E-state index in [4.69, 9.17) is 15.2 Å². The fourth-order valence-corrected chi connectivity index (χ4v) is 2.72. The summed E-state index contributed by atoms with van der Waals surface area (Å²) in [6, 6.07) is 14.5. The molecule has 0 aliphatic carbocycles. The Bertz CT molecular complexity index is 599. The first-order valence-corrected chi connectivity index (χ1v) is 8.11. The quantitative estimate of drug-likeness (QED) is 0.799. The van der Waals surface area contributed by atoms with Gasteiger partial charge in [-0.25, -0.2) is 0 Å². The van der Waals surface area contributed by atoms with Gasteiger partial charge in [0.15, 0.2) is 11.5 Å². The first-order valence-electron chi connectivity index (χ1n) is 6.79. The molecule has 0 heterocycles. The van der Waals surface area contributed by atoms with Gasteiger partial charge in [-0.2, -0.15) is 0 Å². The van der Waals surface area contributed by atoms with E-state index in [-0.39, 0.29) is 0 Å². The van der Waals surface area contributed by atoms with Crippen LogP contribution in [0.25, 0.3) is 0 Å². The van der Waals surface area contributed by atoms with Gasteiger partial charge >= 0.3 is 0 Å². The summed E-state index contributed by atoms with van der Waals surface area (Å²) < 4.78 is 23.3. The minimum atomic E-state index is -1.10. The number of benzene rings is 2. The highest BCUT2D eigenvalue weighted by molar-refractivity contribution is 7.85. The van der Waals surface area contributed by atoms with E-state index in [1.54, 1.807) is 24.3 Å². The van der Waals surface area contributed by atoms with Gasteiger partial charge in [-0.05, 0) is 43.3 Å². The molecule has 0 spiro atoms. The Morgan fingerprint density at radius 3 is 2.24 bits per heavy atom. The summed E-state index contributed by atoms with van der Waals surface area (Å²) in [7, 11) is -1.10. The summed E-state index contributed by atoms with van der Waals surface area (Å²) in [5.41, 5.74) is 6.28. The molecule has 0 fully saturated rings. The zero-order valence-electron chi connectivity index (χ0n) is 12.0. The number of anilines is 1. The van der Waals surface area contributed by atoms with Gasteiger partial charge in [0.25, 0.3) is 0 Å². The van der Waals surface area contributed by atoms with Gasteiger partial charge in [-0.15, -0.1) is 0 Å². The lowest BCUT2D eigenvalue weighted by atomic mass is 10.3. The van der Waals surface area contributed by atoms with Crippen LogP contribution in [0.5, 0.6) is 11.5 Å². The van der Waals surface area contributed by atoms with Gasteiger partial charge < -0.3 is 15.2 Å². The molecule has 0 aliphatic heterocycles. The predicted molar refractivity (Wildman–Crippen MR) is 85.2 cm³/mol. The van der Waals surface area contributed by atoms with Crippen molar-refractivity contribution in [2.75, 3.05) is 24.7 Å². The molecule has 0 aliphatic rings. The van der Waals surface area contributed by atoms with Gasteiger partial charge in [0.05, 0.1) is 23.2 Å². The molecular weight excluding hydrogens is 286 g/mol. The van der Waals surface area contributed by atoms with Crippen molar-refractivity contribution in [3.8, 4) is 11.5 Å². The molecule has 0 saturated heterocycles. The molecule has 2 N–H and O–H groups in total. The predicted octanol–water partition coefficient (Wildman–Crippen LogP) is 2.85. The Morgan fingerprint density at radius 2 is 1.62 bits per heavy atom. The number of nitrogens with two attached hydrogens (primary N) is 1. The van der Waals surface area contributed by atoms with Crippen molar-refractivity contribution >= 4 is 16.5 Å². The van der Waals surface area contributed by atoms with Crippen molar-refractivity contribution < 1.29 is 13.7 Å². The molecule has 2 aromatic carbocycles. The first kappa shape index (κ1) is 15.4. The summed E-state index contributed by atoms with van der Waals surface area (Å²) in [4.78, 5) is 0.755. The minimum Gasteiger partial charge on any atom is -0.490 e. The monoisotopic (exact) mass is 305 g/mol. The lowest BCUT2D eigenvalue weighted by Crippen LogP contribution is -2.09. The minimum absolute atomic E-state index is 0.362. The average molecular weight is 305 g/mol. The fourth-order valence-electron chi connectivity index (χ4n) is 1.81. The molecule has 0 aromatic heterocycles. The number of rotatable bonds is 7. The SMILES string of the molecule is CCOc1ccccc1OCCS(=O)c1ccc(N)cc1. The van der Waals surface area contributed by atoms with Crippen LogP contribution in [-0.2, 0) is 10.8 Å². The molecule has 0 bridgehead atoms. The lowest BCUT2D eigenvalue weighted by molar-refractivity contribution is 0.289. The van der Waals surface area contributed by atoms with Crippen LogP contribution in [-0.4, -0.2) is 23.2 Å². The average Bonchev–Trinajstić information content (AvgIpc) is 2.50. The third kappa shape index (κ3) is 4.49. The summed E-state index contributed by atoms with van der Waals surface area (Å²) >= 11 is 0. The van der Waals surface area contributed by atoms with Crippen molar-refractivity contribution in [1.82, 2.24) is 0 Å². The second-order valence-electron chi connectivity index (χ2n) is 4.35. The molecule has 0 saturated carbocycles. The molecule has 4 nitrogen and oxygen atoms in total. The molecule has 0 radical (unpaired) electrons. The van der Waals surface area contributed by atoms with Crippen molar-refractivity contribution in [3.05, 3.63) is 48.5 Å². The van der Waals surface area contributed by atoms with Crippen LogP contribution in [0.15, 0.2) is 53.4 Å². The fraction of sp³-hybridized carbons (Fsp3) is 0.250. The maximum atomic E-state index is 12.1. The van der Waals surface area contributed by atoms with Gasteiger partial charge in [0, 0.05) is 10.6 Å². The molecule has 2 aromatic rings. The number of hydrogen-bond donors (Lipinski definition) is 1. The Labute approximate surface area is 127 Å². The second kappa shape index (κ2) is 7.69. The molecule has 1 unspecified atom stereocenters. The van der Waals surface area contributed by atoms with Gasteiger partial charge in [-0.3, -0.25) is 4.21 Å². The van der Waals surface area contributed by atoms with Crippen LogP contribution in [0.3, 0.4) is 0 Å². The maximum absolute atomic E-state index is 12.1. The van der Waals surface area contributed by atoms with Gasteiger partial charge in [0.1, 0.15) is 6.61 Å². The molecule has 112 valence electrons. The van der Waals surface area contributed by atoms with E-state index in [2.05, 4.69) is 0 Å². The number of ether oxygens (including phenoxy) is 2. The zero-order valence-corrected chi connectivity index (χ0v) is 12.8. The Hall–Kier alpha value is -2.01. The standard InChI is InChI=1S/C16H19NO3S/c1-2-19-15-5-3-4-6-16(15)20-11-12-21(18)14-9-7-13(17)8-10-14/h3-10H,2,11-12,17H2,1H3. The first-order chi connectivity index (χ1) is 10.2. The highest BCUT2D eigenvalue weighted by Gasteiger charge is 2.06. The van der Waals surface area contributed by atoms with E-state index in [0.717, 1.165) is 4.90 Å². The molecule has 5 heteroatoms. The summed E-state index contributed by atoms with van der Waals surface area (Å²) in [6.07, 6.45) is 0. The van der Waals surface area contributed by atoms with Crippen molar-refractivity contribution in [2.45, 2.75) is 11.8 Å². The lowest BCUT2D eigenvalue weighted by Gasteiger charge is -2.11. The van der Waals surface area contributed by atoms with Crippen LogP contribution in [0.2, 0.25) is 0 Å². The molecule has 2 rings (SSSR count). The topological polar surface area (TPSA) is 61.5 Å². The van der Waals surface area contributed by atoms with Gasteiger partial charge in [0.2, 0.25) is 0 Å². The summed E-state index contributed by atoms with van der Waals surface area (Å²) in [5.74, 6) is 1.80. The van der Waals surface area contributed by atoms with Crippen LogP contribution in [0.4, 0.5) is 5.69 Å². The van der Waals surface area contributed by atoms with E-state index < -0.39 is 10.8 Å². The largest absolute Gasteiger partial charge is 0.490 e. The van der Waals surface area contributed by atoms with Crippen LogP contribution in [0.1, 0.15) is 6.92 Å². The number of hydrogen-bond acceptors (Lipinski definition) is 4. The molecular formula is C16H19NO3S. The summed E-state index contributed by atoms with van der Waals surface area (Å²) in [5, 5.41) is 0. The number of nitrogen functional groups attached to an aromatic ring is 1. The van der Waals surface area contributed by atoms with E-state index in [0.29, 0.717) is 36.2 Å². The zero-order chi connectivity index (χ0) is 15.1. The maximum Gasteiger partial charge on any atom is 0.161 e. The third-order valence-corrected chi connectivity index (χ3v) is 4.15. The Balaban J connectivity index is 1.89. The molecule has 0 amide bonds. The van der Waals surface area contributed by atoms with Crippen LogP contribution < -0.4 is 15.2 Å². The highest BCUT2D eigenvalue weighted by atomic mass is 32.2. The van der Waals surface area contributed by atoms with Crippen molar-refractivity contribution in [3.63, 3.8) is 0 Å². The molecule has 21 heavy (non-hydrogen) atoms. The summed E-state index contributed by atoms with van der Waals surface area (Å²) in [6.45, 7) is 2.87. The van der Waals surface area contributed by atoms with Crippen molar-refractivity contribution in [1.29, 1.82) is 0 Å².